The van der Waals surface area contributed by atoms with E-state index in [0.29, 0.717) is 18.8 Å². The summed E-state index contributed by atoms with van der Waals surface area (Å²) in [7, 11) is -3.42. The maximum atomic E-state index is 11.8. The largest absolute Gasteiger partial charge is 0.447 e. The van der Waals surface area contributed by atoms with E-state index >= 15 is 0 Å². The summed E-state index contributed by atoms with van der Waals surface area (Å²) in [4.78, 5) is 24.8. The van der Waals surface area contributed by atoms with Crippen molar-refractivity contribution >= 4 is 27.5 Å². The highest BCUT2D eigenvalue weighted by molar-refractivity contribution is 7.92. The van der Waals surface area contributed by atoms with Gasteiger partial charge in [-0.15, -0.1) is 0 Å². The van der Waals surface area contributed by atoms with Crippen LogP contribution in [0.1, 0.15) is 12.5 Å². The lowest BCUT2D eigenvalue weighted by Crippen LogP contribution is -2.37. The molecule has 1 aromatic rings. The quantitative estimate of drug-likeness (QED) is 0.859. The summed E-state index contributed by atoms with van der Waals surface area (Å²) in [6.45, 7) is 2.38. The minimum absolute atomic E-state index is 0.190. The van der Waals surface area contributed by atoms with Gasteiger partial charge < -0.3 is 10.1 Å². The topological polar surface area (TPSA) is 92.8 Å². The molecule has 1 fully saturated rings. The first-order chi connectivity index (χ1) is 10.3. The first-order valence-corrected chi connectivity index (χ1v) is 8.74. The number of anilines is 1. The average molecular weight is 326 g/mol. The Morgan fingerprint density at radius 2 is 2.18 bits per heavy atom. The van der Waals surface area contributed by atoms with Gasteiger partial charge in [-0.3, -0.25) is 9.69 Å². The number of ether oxygens (including phenoxy) is 1. The molecule has 0 bridgehead atoms. The molecule has 1 heterocycles. The summed E-state index contributed by atoms with van der Waals surface area (Å²) in [5, 5.41) is 1.49. The van der Waals surface area contributed by atoms with Crippen LogP contribution in [0.15, 0.2) is 24.3 Å². The van der Waals surface area contributed by atoms with Crippen LogP contribution in [0, 0.1) is 0 Å². The maximum Gasteiger partial charge on any atom is 0.414 e. The molecule has 0 radical (unpaired) electrons. The number of nitrogens with zero attached hydrogens (tertiary/aromatic N) is 1. The molecule has 2 rings (SSSR count). The number of nitrogens with one attached hydrogen (secondary N) is 1. The first kappa shape index (κ1) is 16.3. The van der Waals surface area contributed by atoms with Gasteiger partial charge in [0, 0.05) is 18.5 Å². The molecule has 1 N–H and O–H groups in total. The molecular weight excluding hydrogens is 308 g/mol. The Hall–Kier alpha value is -2.09. The highest BCUT2D eigenvalue weighted by atomic mass is 32.2. The number of carbonyl (C=O) groups is 2. The van der Waals surface area contributed by atoms with Crippen LogP contribution in [0.2, 0.25) is 0 Å². The van der Waals surface area contributed by atoms with E-state index in [1.807, 2.05) is 0 Å². The zero-order valence-electron chi connectivity index (χ0n) is 12.4. The number of hydrogen-bond acceptors (Lipinski definition) is 5. The molecule has 22 heavy (non-hydrogen) atoms. The first-order valence-electron chi connectivity index (χ1n) is 6.79. The van der Waals surface area contributed by atoms with Crippen molar-refractivity contribution in [3.8, 4) is 0 Å². The van der Waals surface area contributed by atoms with Crippen LogP contribution >= 0.6 is 0 Å². The fourth-order valence-electron chi connectivity index (χ4n) is 1.99. The van der Waals surface area contributed by atoms with Crippen molar-refractivity contribution < 1.29 is 22.7 Å². The Balaban J connectivity index is 2.02. The number of amides is 2. The summed E-state index contributed by atoms with van der Waals surface area (Å²) in [6, 6.07) is 7.09. The maximum absolute atomic E-state index is 11.8. The minimum atomic E-state index is -3.42. The normalized spacial score (nSPS) is 16.3. The van der Waals surface area contributed by atoms with Gasteiger partial charge in [0.2, 0.25) is 5.91 Å². The van der Waals surface area contributed by atoms with E-state index in [9.17, 15) is 18.0 Å². The molecule has 0 aromatic heterocycles. The number of benzene rings is 1. The van der Waals surface area contributed by atoms with Crippen molar-refractivity contribution in [2.45, 2.75) is 18.7 Å². The molecule has 1 saturated heterocycles. The molecule has 0 aliphatic carbocycles. The van der Waals surface area contributed by atoms with Crippen molar-refractivity contribution in [1.29, 1.82) is 0 Å². The molecule has 1 aliphatic rings. The Morgan fingerprint density at radius 1 is 1.45 bits per heavy atom. The summed E-state index contributed by atoms with van der Waals surface area (Å²) >= 11 is 0. The van der Waals surface area contributed by atoms with Gasteiger partial charge in [0.15, 0.2) is 9.84 Å². The SMILES string of the molecule is C[C@@H](C(=O)NCc1cccc(N2CCOC2=O)c1)S(C)(=O)=O. The monoisotopic (exact) mass is 326 g/mol. The van der Waals surface area contributed by atoms with Crippen LogP contribution < -0.4 is 10.2 Å². The molecular formula is C14H18N2O5S. The van der Waals surface area contributed by atoms with Crippen molar-refractivity contribution in [3.63, 3.8) is 0 Å². The lowest BCUT2D eigenvalue weighted by Gasteiger charge is -2.15. The number of sulfone groups is 1. The molecule has 0 saturated carbocycles. The third-order valence-electron chi connectivity index (χ3n) is 3.46. The standard InChI is InChI=1S/C14H18N2O5S/c1-10(22(2,19)20)13(17)15-9-11-4-3-5-12(8-11)16-6-7-21-14(16)18/h3-5,8,10H,6-7,9H2,1-2H3,(H,15,17)/t10-/m0/s1. The third kappa shape index (κ3) is 3.76. The zero-order chi connectivity index (χ0) is 16.3. The Labute approximate surface area is 129 Å². The number of rotatable bonds is 5. The van der Waals surface area contributed by atoms with Crippen molar-refractivity contribution in [2.75, 3.05) is 24.3 Å². The van der Waals surface area contributed by atoms with Gasteiger partial charge in [-0.2, -0.15) is 0 Å². The van der Waals surface area contributed by atoms with Crippen LogP contribution in [0.25, 0.3) is 0 Å². The van der Waals surface area contributed by atoms with Crippen molar-refractivity contribution in [2.24, 2.45) is 0 Å². The van der Waals surface area contributed by atoms with Crippen molar-refractivity contribution in [3.05, 3.63) is 29.8 Å². The highest BCUT2D eigenvalue weighted by Crippen LogP contribution is 2.19. The Bertz CT molecular complexity index is 686. The van der Waals surface area contributed by atoms with E-state index in [1.54, 1.807) is 24.3 Å². The van der Waals surface area contributed by atoms with Crippen LogP contribution in [0.5, 0.6) is 0 Å². The highest BCUT2D eigenvalue weighted by Gasteiger charge is 2.24. The summed E-state index contributed by atoms with van der Waals surface area (Å²) in [5.41, 5.74) is 1.46. The zero-order valence-corrected chi connectivity index (χ0v) is 13.2. The third-order valence-corrected chi connectivity index (χ3v) is 4.96. The van der Waals surface area contributed by atoms with Crippen LogP contribution in [-0.4, -0.2) is 45.1 Å². The molecule has 2 amide bonds. The Kier molecular flexibility index (Phi) is 4.70. The van der Waals surface area contributed by atoms with Gasteiger partial charge in [0.05, 0.1) is 6.54 Å². The molecule has 1 aliphatic heterocycles. The van der Waals surface area contributed by atoms with Gasteiger partial charge in [-0.25, -0.2) is 13.2 Å². The Morgan fingerprint density at radius 3 is 2.77 bits per heavy atom. The second-order valence-electron chi connectivity index (χ2n) is 5.13. The van der Waals surface area contributed by atoms with Gasteiger partial charge in [0.1, 0.15) is 11.9 Å². The predicted octanol–water partition coefficient (Wildman–Crippen LogP) is 0.693. The van der Waals surface area contributed by atoms with E-state index < -0.39 is 27.1 Å². The molecule has 0 spiro atoms. The minimum Gasteiger partial charge on any atom is -0.447 e. The summed E-state index contributed by atoms with van der Waals surface area (Å²) < 4.78 is 27.5. The van der Waals surface area contributed by atoms with Gasteiger partial charge in [-0.05, 0) is 24.6 Å². The van der Waals surface area contributed by atoms with E-state index in [2.05, 4.69) is 5.32 Å². The number of cyclic esters (lactones) is 1. The van der Waals surface area contributed by atoms with Crippen LogP contribution in [0.3, 0.4) is 0 Å². The van der Waals surface area contributed by atoms with Gasteiger partial charge in [0.25, 0.3) is 0 Å². The van der Waals surface area contributed by atoms with Crippen molar-refractivity contribution in [1.82, 2.24) is 5.32 Å². The van der Waals surface area contributed by atoms with Crippen LogP contribution in [-0.2, 0) is 25.9 Å². The molecule has 0 unspecified atom stereocenters. The molecule has 1 aromatic carbocycles. The smallest absolute Gasteiger partial charge is 0.414 e. The second kappa shape index (κ2) is 6.35. The van der Waals surface area contributed by atoms with E-state index in [0.717, 1.165) is 11.8 Å². The number of carbonyl (C=O) groups excluding carboxylic acids is 2. The van der Waals surface area contributed by atoms with E-state index in [-0.39, 0.29) is 6.54 Å². The van der Waals surface area contributed by atoms with E-state index in [1.165, 1.54) is 11.8 Å². The molecule has 1 atom stereocenters. The molecule has 7 nitrogen and oxygen atoms in total. The molecule has 120 valence electrons. The predicted molar refractivity (Wildman–Crippen MR) is 81.3 cm³/mol. The van der Waals surface area contributed by atoms with Gasteiger partial charge in [-0.1, -0.05) is 12.1 Å². The number of hydrogen-bond donors (Lipinski definition) is 1. The fraction of sp³-hybridized carbons (Fsp3) is 0.429. The lowest BCUT2D eigenvalue weighted by molar-refractivity contribution is -0.120. The second-order valence-corrected chi connectivity index (χ2v) is 7.49. The summed E-state index contributed by atoms with van der Waals surface area (Å²) in [5.74, 6) is -0.548. The lowest BCUT2D eigenvalue weighted by atomic mass is 10.2. The summed E-state index contributed by atoms with van der Waals surface area (Å²) in [6.07, 6.45) is 0.628. The van der Waals surface area contributed by atoms with E-state index in [4.69, 9.17) is 4.74 Å². The molecule has 8 heteroatoms. The fourth-order valence-corrected chi connectivity index (χ4v) is 2.46. The average Bonchev–Trinajstić information content (AvgIpc) is 2.89. The van der Waals surface area contributed by atoms with Crippen LogP contribution in [0.4, 0.5) is 10.5 Å². The van der Waals surface area contributed by atoms with Gasteiger partial charge >= 0.3 is 6.09 Å².